The molecule has 1 heterocycles. The van der Waals surface area contributed by atoms with Crippen LogP contribution in [0, 0.1) is 6.07 Å². The van der Waals surface area contributed by atoms with E-state index in [1.54, 1.807) is 18.3 Å². The van der Waals surface area contributed by atoms with Crippen LogP contribution in [-0.4, -0.2) is 10.1 Å². The molecule has 2 nitrogen and oxygen atoms in total. The van der Waals surface area contributed by atoms with Gasteiger partial charge in [-0.3, -0.25) is 4.98 Å². The molecule has 1 rings (SSSR count). The minimum Gasteiger partial charge on any atom is -0.390 e. The first-order chi connectivity index (χ1) is 3.93. The quantitative estimate of drug-likeness (QED) is 0.564. The van der Waals surface area contributed by atoms with E-state index in [2.05, 4.69) is 11.1 Å². The SMILES string of the molecule is OCc1c[c]ccn1. The molecule has 0 aliphatic rings. The number of hydrogen-bond acceptors (Lipinski definition) is 2. The van der Waals surface area contributed by atoms with Crippen LogP contribution in [0.5, 0.6) is 0 Å². The number of rotatable bonds is 1. The van der Waals surface area contributed by atoms with Crippen molar-refractivity contribution in [1.29, 1.82) is 0 Å². The van der Waals surface area contributed by atoms with E-state index in [1.807, 2.05) is 0 Å². The van der Waals surface area contributed by atoms with E-state index < -0.39 is 0 Å². The fourth-order valence-electron chi connectivity index (χ4n) is 0.444. The maximum absolute atomic E-state index is 8.46. The lowest BCUT2D eigenvalue weighted by atomic mass is 10.4. The van der Waals surface area contributed by atoms with E-state index >= 15 is 0 Å². The van der Waals surface area contributed by atoms with Gasteiger partial charge in [0.15, 0.2) is 0 Å². The van der Waals surface area contributed by atoms with Crippen molar-refractivity contribution >= 4 is 0 Å². The third-order valence-electron chi connectivity index (χ3n) is 0.823. The van der Waals surface area contributed by atoms with Crippen molar-refractivity contribution in [2.24, 2.45) is 0 Å². The van der Waals surface area contributed by atoms with Gasteiger partial charge in [-0.25, -0.2) is 0 Å². The molecule has 0 aliphatic carbocycles. The highest BCUT2D eigenvalue weighted by atomic mass is 16.3. The largest absolute Gasteiger partial charge is 0.390 e. The van der Waals surface area contributed by atoms with Gasteiger partial charge in [-0.05, 0) is 18.2 Å². The Morgan fingerprint density at radius 3 is 3.00 bits per heavy atom. The van der Waals surface area contributed by atoms with E-state index in [-0.39, 0.29) is 6.61 Å². The summed E-state index contributed by atoms with van der Waals surface area (Å²) in [4.78, 5) is 3.82. The Balaban J connectivity index is 2.83. The number of hydrogen-bond donors (Lipinski definition) is 1. The summed E-state index contributed by atoms with van der Waals surface area (Å²) in [6.07, 6.45) is 1.60. The minimum atomic E-state index is -0.00264. The van der Waals surface area contributed by atoms with Crippen molar-refractivity contribution in [3.63, 3.8) is 0 Å². The smallest absolute Gasteiger partial charge is 0.0853 e. The highest BCUT2D eigenvalue weighted by Gasteiger charge is 1.83. The molecule has 0 amide bonds. The predicted molar refractivity (Wildman–Crippen MR) is 29.0 cm³/mol. The normalized spacial score (nSPS) is 9.12. The summed E-state index contributed by atoms with van der Waals surface area (Å²) in [5.74, 6) is 0. The van der Waals surface area contributed by atoms with E-state index in [1.165, 1.54) is 0 Å². The molecule has 0 spiro atoms. The lowest BCUT2D eigenvalue weighted by Crippen LogP contribution is -1.84. The summed E-state index contributed by atoms with van der Waals surface area (Å²) in [6.45, 7) is -0.00264. The maximum Gasteiger partial charge on any atom is 0.0853 e. The predicted octanol–water partition coefficient (Wildman–Crippen LogP) is 0.374. The zero-order chi connectivity index (χ0) is 5.82. The number of aliphatic hydroxyl groups is 1. The summed E-state index contributed by atoms with van der Waals surface area (Å²) < 4.78 is 0. The van der Waals surface area contributed by atoms with Gasteiger partial charge in [0.1, 0.15) is 0 Å². The number of pyridine rings is 1. The molecule has 0 bridgehead atoms. The second-order valence-electron chi connectivity index (χ2n) is 1.41. The molecule has 0 aromatic carbocycles. The zero-order valence-corrected chi connectivity index (χ0v) is 4.33. The molecule has 41 valence electrons. The lowest BCUT2D eigenvalue weighted by molar-refractivity contribution is 0.277. The first kappa shape index (κ1) is 5.25. The summed E-state index contributed by atoms with van der Waals surface area (Å²) in [6, 6.07) is 6.14. The molecule has 8 heavy (non-hydrogen) atoms. The Labute approximate surface area is 47.8 Å². The van der Waals surface area contributed by atoms with Gasteiger partial charge in [0.25, 0.3) is 0 Å². The summed E-state index contributed by atoms with van der Waals surface area (Å²) in [7, 11) is 0. The molecule has 1 aromatic heterocycles. The van der Waals surface area contributed by atoms with Gasteiger partial charge in [-0.2, -0.15) is 0 Å². The van der Waals surface area contributed by atoms with Crippen LogP contribution in [0.3, 0.4) is 0 Å². The fourth-order valence-corrected chi connectivity index (χ4v) is 0.444. The highest BCUT2D eigenvalue weighted by molar-refractivity contribution is 4.99. The van der Waals surface area contributed by atoms with Crippen LogP contribution in [0.25, 0.3) is 0 Å². The topological polar surface area (TPSA) is 33.1 Å². The third-order valence-corrected chi connectivity index (χ3v) is 0.823. The van der Waals surface area contributed by atoms with Crippen molar-refractivity contribution in [2.75, 3.05) is 0 Å². The molecule has 1 aromatic rings. The van der Waals surface area contributed by atoms with Crippen LogP contribution in [0.4, 0.5) is 0 Å². The van der Waals surface area contributed by atoms with Crippen LogP contribution in [0.15, 0.2) is 18.3 Å². The number of nitrogens with zero attached hydrogens (tertiary/aromatic N) is 1. The maximum atomic E-state index is 8.46. The molecule has 1 radical (unpaired) electrons. The molecular weight excluding hydrogens is 102 g/mol. The van der Waals surface area contributed by atoms with Gasteiger partial charge in [-0.15, -0.1) is 0 Å². The van der Waals surface area contributed by atoms with Crippen LogP contribution >= 0.6 is 0 Å². The third kappa shape index (κ3) is 1.04. The average molecular weight is 108 g/mol. The molecule has 0 atom stereocenters. The van der Waals surface area contributed by atoms with E-state index in [0.29, 0.717) is 5.69 Å². The second-order valence-corrected chi connectivity index (χ2v) is 1.41. The molecular formula is C6H6NO. The monoisotopic (exact) mass is 108 g/mol. The van der Waals surface area contributed by atoms with Gasteiger partial charge in [0, 0.05) is 6.20 Å². The van der Waals surface area contributed by atoms with Gasteiger partial charge in [0.2, 0.25) is 0 Å². The Bertz CT molecular complexity index is 150. The van der Waals surface area contributed by atoms with Crippen LogP contribution in [-0.2, 0) is 6.61 Å². The molecule has 0 saturated heterocycles. The van der Waals surface area contributed by atoms with Gasteiger partial charge >= 0.3 is 0 Å². The van der Waals surface area contributed by atoms with Crippen LogP contribution < -0.4 is 0 Å². The Kier molecular flexibility index (Phi) is 1.59. The summed E-state index contributed by atoms with van der Waals surface area (Å²) in [5.41, 5.74) is 0.660. The first-order valence-corrected chi connectivity index (χ1v) is 2.35. The molecule has 0 aliphatic heterocycles. The first-order valence-electron chi connectivity index (χ1n) is 2.35. The van der Waals surface area contributed by atoms with E-state index in [9.17, 15) is 0 Å². The average Bonchev–Trinajstić information content (AvgIpc) is 1.90. The Hall–Kier alpha value is -0.890. The fraction of sp³-hybridized carbons (Fsp3) is 0.167. The van der Waals surface area contributed by atoms with Crippen molar-refractivity contribution in [2.45, 2.75) is 6.61 Å². The van der Waals surface area contributed by atoms with Crippen LogP contribution in [0.1, 0.15) is 5.69 Å². The number of aromatic nitrogens is 1. The molecule has 0 unspecified atom stereocenters. The molecule has 0 fully saturated rings. The molecule has 1 N–H and O–H groups in total. The summed E-state index contributed by atoms with van der Waals surface area (Å²) in [5, 5.41) is 8.46. The highest BCUT2D eigenvalue weighted by Crippen LogP contribution is 1.88. The van der Waals surface area contributed by atoms with Crippen molar-refractivity contribution < 1.29 is 5.11 Å². The molecule has 0 saturated carbocycles. The van der Waals surface area contributed by atoms with Crippen LogP contribution in [0.2, 0.25) is 0 Å². The Morgan fingerprint density at radius 1 is 1.75 bits per heavy atom. The van der Waals surface area contributed by atoms with Crippen molar-refractivity contribution in [3.05, 3.63) is 30.1 Å². The minimum absolute atomic E-state index is 0.00264. The van der Waals surface area contributed by atoms with Gasteiger partial charge < -0.3 is 5.11 Å². The zero-order valence-electron chi connectivity index (χ0n) is 4.33. The standard InChI is InChI=1S/C6H6NO/c8-5-6-3-1-2-4-7-6/h2-4,8H,5H2. The second kappa shape index (κ2) is 2.43. The molecule has 2 heteroatoms. The van der Waals surface area contributed by atoms with Crippen molar-refractivity contribution in [1.82, 2.24) is 4.98 Å². The van der Waals surface area contributed by atoms with E-state index in [0.717, 1.165) is 0 Å². The van der Waals surface area contributed by atoms with Crippen molar-refractivity contribution in [3.8, 4) is 0 Å². The number of aliphatic hydroxyl groups excluding tert-OH is 1. The summed E-state index contributed by atoms with van der Waals surface area (Å²) >= 11 is 0. The van der Waals surface area contributed by atoms with Gasteiger partial charge in [-0.1, -0.05) is 0 Å². The van der Waals surface area contributed by atoms with E-state index in [4.69, 9.17) is 5.11 Å². The lowest BCUT2D eigenvalue weighted by Gasteiger charge is -1.87. The van der Waals surface area contributed by atoms with Gasteiger partial charge in [0.05, 0.1) is 12.3 Å². The Morgan fingerprint density at radius 2 is 2.62 bits per heavy atom.